The summed E-state index contributed by atoms with van der Waals surface area (Å²) in [6, 6.07) is 18.8. The van der Waals surface area contributed by atoms with Crippen LogP contribution in [-0.4, -0.2) is 18.3 Å². The molecule has 0 spiro atoms. The van der Waals surface area contributed by atoms with E-state index in [-0.39, 0.29) is 43.1 Å². The van der Waals surface area contributed by atoms with Crippen LogP contribution in [0.25, 0.3) is 54.5 Å². The van der Waals surface area contributed by atoms with Crippen molar-refractivity contribution in [1.29, 1.82) is 0 Å². The SMILES string of the molecule is Cn1c(=O)c2cc3c(=O)n(-c4ccc(Cc5ccc(-n6c(=O)c7cc8c(=O)n(C)c(=O)c8cc7c6=O)cc5)cc4)c(=O)c3cc2c1=O. The largest absolute Gasteiger partial charge is 0.277 e. The van der Waals surface area contributed by atoms with Crippen LogP contribution in [0.1, 0.15) is 11.1 Å². The average molecular weight is 625 g/mol. The maximum absolute atomic E-state index is 13.2. The fraction of sp³-hybridized carbons (Fsp3) is 0.0857. The first-order chi connectivity index (χ1) is 22.5. The molecule has 47 heavy (non-hydrogen) atoms. The van der Waals surface area contributed by atoms with Crippen molar-refractivity contribution in [3.63, 3.8) is 0 Å². The fourth-order valence-electron chi connectivity index (χ4n) is 6.42. The normalized spacial score (nSPS) is 12.0. The van der Waals surface area contributed by atoms with Crippen LogP contribution in [0.2, 0.25) is 0 Å². The lowest BCUT2D eigenvalue weighted by Crippen LogP contribution is -2.23. The number of benzene rings is 4. The summed E-state index contributed by atoms with van der Waals surface area (Å²) in [6.45, 7) is 0. The van der Waals surface area contributed by atoms with Crippen molar-refractivity contribution in [2.45, 2.75) is 6.42 Å². The summed E-state index contributed by atoms with van der Waals surface area (Å²) < 4.78 is 3.91. The standard InChI is InChI=1S/C35H20N4O8/c1-36-28(40)20-12-24-25(13-21(20)29(36)41)33(45)38(32(24)44)18-7-3-16(4-8-18)11-17-5-9-19(10-6-17)39-34(46)26-14-22-23(15-27(26)35(39)47)31(43)37(2)30(22)42/h3-10,12-15H,11H2,1-2H3. The molecule has 4 heterocycles. The minimum atomic E-state index is -0.589. The van der Waals surface area contributed by atoms with E-state index < -0.39 is 44.5 Å². The van der Waals surface area contributed by atoms with Gasteiger partial charge in [0, 0.05) is 14.1 Å². The van der Waals surface area contributed by atoms with Crippen molar-refractivity contribution >= 4 is 43.1 Å². The Morgan fingerprint density at radius 3 is 0.851 bits per heavy atom. The smallest absolute Gasteiger partial charge is 0.266 e. The molecule has 0 saturated heterocycles. The number of rotatable bonds is 4. The van der Waals surface area contributed by atoms with Crippen LogP contribution in [0, 0.1) is 0 Å². The number of fused-ring (bicyclic) bond motifs is 4. The zero-order valence-electron chi connectivity index (χ0n) is 24.7. The van der Waals surface area contributed by atoms with Gasteiger partial charge in [0.2, 0.25) is 0 Å². The van der Waals surface area contributed by atoms with Gasteiger partial charge in [0.15, 0.2) is 0 Å². The van der Waals surface area contributed by atoms with Crippen LogP contribution in [0.5, 0.6) is 0 Å². The summed E-state index contributed by atoms with van der Waals surface area (Å²) in [5, 5.41) is 0.608. The second kappa shape index (κ2) is 9.47. The van der Waals surface area contributed by atoms with E-state index in [1.165, 1.54) is 38.4 Å². The second-order valence-corrected chi connectivity index (χ2v) is 11.6. The van der Waals surface area contributed by atoms with Gasteiger partial charge in [-0.1, -0.05) is 24.3 Å². The molecule has 0 radical (unpaired) electrons. The van der Waals surface area contributed by atoms with Crippen molar-refractivity contribution in [2.75, 3.05) is 0 Å². The number of hydrogen-bond acceptors (Lipinski definition) is 8. The van der Waals surface area contributed by atoms with Gasteiger partial charge in [0.1, 0.15) is 0 Å². The zero-order chi connectivity index (χ0) is 33.0. The molecule has 12 nitrogen and oxygen atoms in total. The van der Waals surface area contributed by atoms with E-state index in [0.717, 1.165) is 29.4 Å². The molecular weight excluding hydrogens is 604 g/mol. The van der Waals surface area contributed by atoms with Gasteiger partial charge in [0.25, 0.3) is 44.5 Å². The van der Waals surface area contributed by atoms with Gasteiger partial charge in [0.05, 0.1) is 54.5 Å². The summed E-state index contributed by atoms with van der Waals surface area (Å²) in [7, 11) is 2.69. The van der Waals surface area contributed by atoms with E-state index in [4.69, 9.17) is 0 Å². The molecule has 0 aliphatic rings. The first-order valence-electron chi connectivity index (χ1n) is 14.4. The minimum absolute atomic E-state index is 0.0612. The maximum atomic E-state index is 13.2. The van der Waals surface area contributed by atoms with Gasteiger partial charge in [-0.25, -0.2) is 9.13 Å². The Kier molecular flexibility index (Phi) is 5.63. The average Bonchev–Trinajstić information content (AvgIpc) is 3.64. The molecule has 0 aliphatic heterocycles. The van der Waals surface area contributed by atoms with E-state index in [2.05, 4.69) is 0 Å². The van der Waals surface area contributed by atoms with Crippen molar-refractivity contribution in [1.82, 2.24) is 18.3 Å². The van der Waals surface area contributed by atoms with Gasteiger partial charge in [-0.2, -0.15) is 0 Å². The Morgan fingerprint density at radius 2 is 0.596 bits per heavy atom. The fourth-order valence-corrected chi connectivity index (χ4v) is 6.42. The molecule has 0 amide bonds. The third kappa shape index (κ3) is 3.75. The molecule has 4 aromatic heterocycles. The predicted octanol–water partition coefficient (Wildman–Crippen LogP) is 0.781. The van der Waals surface area contributed by atoms with E-state index in [1.807, 2.05) is 0 Å². The van der Waals surface area contributed by atoms with Crippen LogP contribution in [0.4, 0.5) is 0 Å². The first-order valence-corrected chi connectivity index (χ1v) is 14.4. The minimum Gasteiger partial charge on any atom is -0.277 e. The van der Waals surface area contributed by atoms with Crippen LogP contribution in [0.3, 0.4) is 0 Å². The predicted molar refractivity (Wildman–Crippen MR) is 177 cm³/mol. The molecule has 0 N–H and O–H groups in total. The van der Waals surface area contributed by atoms with Gasteiger partial charge < -0.3 is 0 Å². The monoisotopic (exact) mass is 624 g/mol. The Bertz CT molecular complexity index is 2730. The number of nitrogens with zero attached hydrogens (tertiary/aromatic N) is 4. The van der Waals surface area contributed by atoms with Gasteiger partial charge >= 0.3 is 0 Å². The molecule has 0 unspecified atom stereocenters. The summed E-state index contributed by atoms with van der Waals surface area (Å²) in [4.78, 5) is 102. The third-order valence-electron chi connectivity index (χ3n) is 8.99. The molecule has 0 aliphatic carbocycles. The van der Waals surface area contributed by atoms with Crippen LogP contribution >= 0.6 is 0 Å². The molecule has 12 heteroatoms. The lowest BCUT2D eigenvalue weighted by atomic mass is 10.0. The van der Waals surface area contributed by atoms with Crippen LogP contribution < -0.4 is 44.5 Å². The zero-order valence-corrected chi connectivity index (χ0v) is 24.7. The molecule has 8 rings (SSSR count). The molecule has 0 saturated carbocycles. The topological polar surface area (TPSA) is 156 Å². The van der Waals surface area contributed by atoms with E-state index >= 15 is 0 Å². The van der Waals surface area contributed by atoms with Crippen molar-refractivity contribution in [2.24, 2.45) is 14.1 Å². The number of hydrogen-bond donors (Lipinski definition) is 0. The Labute approximate surface area is 259 Å². The quantitative estimate of drug-likeness (QED) is 0.278. The molecule has 8 aromatic rings. The van der Waals surface area contributed by atoms with Gasteiger partial charge in [-0.05, 0) is 66.1 Å². The molecular formula is C35H20N4O8. The molecule has 0 bridgehead atoms. The number of aromatic nitrogens is 4. The molecule has 4 aromatic carbocycles. The molecule has 0 fully saturated rings. The van der Waals surface area contributed by atoms with Crippen molar-refractivity contribution < 1.29 is 0 Å². The van der Waals surface area contributed by atoms with Crippen molar-refractivity contribution in [3.05, 3.63) is 167 Å². The summed E-state index contributed by atoms with van der Waals surface area (Å²) in [5.41, 5.74) is -2.10. The molecule has 228 valence electrons. The Balaban J connectivity index is 1.10. The van der Waals surface area contributed by atoms with Crippen molar-refractivity contribution in [3.8, 4) is 11.4 Å². The Morgan fingerprint density at radius 1 is 0.362 bits per heavy atom. The third-order valence-corrected chi connectivity index (χ3v) is 8.99. The van der Waals surface area contributed by atoms with E-state index in [0.29, 0.717) is 17.8 Å². The summed E-state index contributed by atoms with van der Waals surface area (Å²) in [5.74, 6) is 0. The highest BCUT2D eigenvalue weighted by Gasteiger charge is 2.21. The lowest BCUT2D eigenvalue weighted by molar-refractivity contribution is 0.856. The Hall–Kier alpha value is -6.56. The highest BCUT2D eigenvalue weighted by Crippen LogP contribution is 2.19. The molecule has 0 atom stereocenters. The van der Waals surface area contributed by atoms with Gasteiger partial charge in [-0.15, -0.1) is 0 Å². The lowest BCUT2D eigenvalue weighted by Gasteiger charge is -2.06. The summed E-state index contributed by atoms with van der Waals surface area (Å²) in [6.07, 6.45) is 0.458. The highest BCUT2D eigenvalue weighted by molar-refractivity contribution is 5.99. The van der Waals surface area contributed by atoms with E-state index in [1.54, 1.807) is 48.5 Å². The first kappa shape index (κ1) is 28.0. The van der Waals surface area contributed by atoms with Gasteiger partial charge in [-0.3, -0.25) is 47.5 Å². The van der Waals surface area contributed by atoms with Crippen LogP contribution in [0.15, 0.2) is 111 Å². The maximum Gasteiger partial charge on any atom is 0.266 e. The summed E-state index contributed by atoms with van der Waals surface area (Å²) >= 11 is 0. The van der Waals surface area contributed by atoms with Crippen LogP contribution in [-0.2, 0) is 20.5 Å². The highest BCUT2D eigenvalue weighted by atomic mass is 16.2. The second-order valence-electron chi connectivity index (χ2n) is 11.6. The van der Waals surface area contributed by atoms with E-state index in [9.17, 15) is 38.4 Å².